The van der Waals surface area contributed by atoms with Crippen LogP contribution >= 0.6 is 22.9 Å². The second kappa shape index (κ2) is 20.4. The van der Waals surface area contributed by atoms with Gasteiger partial charge in [0.15, 0.2) is 5.82 Å². The summed E-state index contributed by atoms with van der Waals surface area (Å²) in [5, 5.41) is 22.7. The number of imide groups is 2. The maximum atomic E-state index is 13.5. The zero-order chi connectivity index (χ0) is 45.6. The molecule has 5 heterocycles. The molecule has 4 N–H and O–H groups in total. The minimum Gasteiger partial charge on any atom is -0.491 e. The number of piperidine rings is 1. The maximum Gasteiger partial charge on any atom is 0.264 e. The molecule has 5 aromatic rings. The summed E-state index contributed by atoms with van der Waals surface area (Å²) in [6, 6.07) is 18.2. The van der Waals surface area contributed by atoms with Crippen LogP contribution in [-0.2, 0) is 28.6 Å². The summed E-state index contributed by atoms with van der Waals surface area (Å²) in [6.45, 7) is 8.98. The monoisotopic (exact) mass is 924 g/mol. The Bertz CT molecular complexity index is 2580. The molecule has 3 aliphatic rings. The minimum absolute atomic E-state index is 0.0556. The van der Waals surface area contributed by atoms with E-state index in [1.165, 1.54) is 10.4 Å². The van der Waals surface area contributed by atoms with E-state index in [0.717, 1.165) is 26.9 Å². The lowest BCUT2D eigenvalue weighted by Gasteiger charge is -2.27. The number of rotatable bonds is 19. The SMILES string of the molecule is Cc1sc2c(c1C)C(c1ccc(Cl)cc1)N[C@@H](CC(=O)Nc1ccc(OCCOCCOCCOCCNc3cccc4c3C(=O)N(C3CCC(=O)NC3=O)C4=O)cc1)c1nnc(C)n1-2. The third-order valence-electron chi connectivity index (χ3n) is 11.4. The first kappa shape index (κ1) is 45.5. The summed E-state index contributed by atoms with van der Waals surface area (Å²) < 4.78 is 24.8. The maximum absolute atomic E-state index is 13.5. The fourth-order valence-electron chi connectivity index (χ4n) is 8.13. The van der Waals surface area contributed by atoms with Crippen molar-refractivity contribution in [2.24, 2.45) is 0 Å². The van der Waals surface area contributed by atoms with E-state index in [1.54, 1.807) is 53.8 Å². The largest absolute Gasteiger partial charge is 0.491 e. The van der Waals surface area contributed by atoms with Crippen LogP contribution in [0.1, 0.15) is 85.3 Å². The topological polar surface area (TPSA) is 204 Å². The van der Waals surface area contributed by atoms with Crippen LogP contribution in [0.2, 0.25) is 5.02 Å². The van der Waals surface area contributed by atoms with Gasteiger partial charge >= 0.3 is 0 Å². The van der Waals surface area contributed by atoms with E-state index in [1.807, 2.05) is 31.2 Å². The first-order valence-electron chi connectivity index (χ1n) is 21.4. The summed E-state index contributed by atoms with van der Waals surface area (Å²) in [5.74, 6) is -0.308. The molecule has 3 atom stereocenters. The molecule has 1 fully saturated rings. The number of carbonyl (C=O) groups is 5. The number of hydrogen-bond acceptors (Lipinski definition) is 14. The van der Waals surface area contributed by atoms with Crippen molar-refractivity contribution in [2.45, 2.75) is 58.2 Å². The number of fused-ring (bicyclic) bond motifs is 4. The van der Waals surface area contributed by atoms with E-state index in [4.69, 9.17) is 30.5 Å². The molecule has 2 aromatic heterocycles. The summed E-state index contributed by atoms with van der Waals surface area (Å²) in [4.78, 5) is 65.9. The highest BCUT2D eigenvalue weighted by molar-refractivity contribution is 7.14. The van der Waals surface area contributed by atoms with Gasteiger partial charge in [-0.25, -0.2) is 0 Å². The number of benzene rings is 3. The Morgan fingerprint density at radius 1 is 0.862 bits per heavy atom. The number of aromatic nitrogens is 3. The van der Waals surface area contributed by atoms with E-state index >= 15 is 0 Å². The van der Waals surface area contributed by atoms with Gasteiger partial charge in [0.25, 0.3) is 11.8 Å². The van der Waals surface area contributed by atoms with Gasteiger partial charge < -0.3 is 29.6 Å². The van der Waals surface area contributed by atoms with Crippen molar-refractivity contribution in [2.75, 3.05) is 63.4 Å². The number of halogens is 1. The van der Waals surface area contributed by atoms with Crippen molar-refractivity contribution >= 4 is 63.8 Å². The van der Waals surface area contributed by atoms with Crippen molar-refractivity contribution in [3.8, 4) is 10.8 Å². The molecule has 1 saturated heterocycles. The number of ether oxygens (including phenoxy) is 4. The lowest BCUT2D eigenvalue weighted by atomic mass is 9.96. The molecule has 3 aromatic carbocycles. The van der Waals surface area contributed by atoms with Crippen LogP contribution in [-0.4, -0.2) is 108 Å². The molecule has 19 heteroatoms. The number of nitrogens with zero attached hydrogens (tertiary/aromatic N) is 4. The Labute approximate surface area is 384 Å². The standard InChI is InChI=1S/C46H49ClN8O9S/c1-26-27(2)65-46-39(26)41(29-7-9-30(47)10-8-29)50-35(42-53-52-28(3)54(42)46)25-38(57)49-31-11-13-32(14-12-31)64-24-23-63-22-21-62-20-19-61-18-17-48-34-6-4-5-33-40(34)45(60)55(44(33)59)36-15-16-37(56)51-43(36)58/h4-14,35-36,41,48,50H,15-25H2,1-3H3,(H,49,57)(H,51,56,58)/t35-,36?,41?/m0/s1. The van der Waals surface area contributed by atoms with Gasteiger partial charge in [0, 0.05) is 46.2 Å². The van der Waals surface area contributed by atoms with Gasteiger partial charge in [-0.1, -0.05) is 29.8 Å². The predicted molar refractivity (Wildman–Crippen MR) is 242 cm³/mol. The van der Waals surface area contributed by atoms with E-state index in [2.05, 4.69) is 49.9 Å². The first-order chi connectivity index (χ1) is 31.5. The average molecular weight is 925 g/mol. The van der Waals surface area contributed by atoms with Gasteiger partial charge in [-0.15, -0.1) is 21.5 Å². The third-order valence-corrected chi connectivity index (χ3v) is 12.9. The fourth-order valence-corrected chi connectivity index (χ4v) is 9.50. The Hall–Kier alpha value is -6.02. The molecule has 65 heavy (non-hydrogen) atoms. The highest BCUT2D eigenvalue weighted by Gasteiger charge is 2.45. The molecule has 340 valence electrons. The van der Waals surface area contributed by atoms with Gasteiger partial charge in [-0.05, 0) is 86.8 Å². The van der Waals surface area contributed by atoms with Gasteiger partial charge in [-0.3, -0.25) is 44.1 Å². The van der Waals surface area contributed by atoms with Crippen LogP contribution in [0.15, 0.2) is 66.7 Å². The number of hydrogen-bond donors (Lipinski definition) is 4. The number of aryl methyl sites for hydroxylation is 2. The van der Waals surface area contributed by atoms with Crippen LogP contribution in [0.4, 0.5) is 11.4 Å². The Morgan fingerprint density at radius 3 is 2.29 bits per heavy atom. The summed E-state index contributed by atoms with van der Waals surface area (Å²) in [6.07, 6.45) is 0.275. The Morgan fingerprint density at radius 2 is 1.57 bits per heavy atom. The summed E-state index contributed by atoms with van der Waals surface area (Å²) in [7, 11) is 0. The van der Waals surface area contributed by atoms with Crippen molar-refractivity contribution in [1.29, 1.82) is 0 Å². The molecule has 0 saturated carbocycles. The highest BCUT2D eigenvalue weighted by atomic mass is 35.5. The smallest absolute Gasteiger partial charge is 0.264 e. The molecule has 2 unspecified atom stereocenters. The van der Waals surface area contributed by atoms with Crippen LogP contribution in [0, 0.1) is 20.8 Å². The predicted octanol–water partition coefficient (Wildman–Crippen LogP) is 5.61. The third kappa shape index (κ3) is 10.1. The zero-order valence-electron chi connectivity index (χ0n) is 36.1. The number of thiophene rings is 1. The normalized spacial score (nSPS) is 17.9. The van der Waals surface area contributed by atoms with Gasteiger partial charge in [-0.2, -0.15) is 0 Å². The molecule has 8 rings (SSSR count). The fraction of sp³-hybridized carbons (Fsp3) is 0.370. The average Bonchev–Trinajstić information content (AvgIpc) is 3.87. The van der Waals surface area contributed by atoms with E-state index in [9.17, 15) is 24.0 Å². The van der Waals surface area contributed by atoms with Crippen LogP contribution in [0.25, 0.3) is 5.00 Å². The first-order valence-corrected chi connectivity index (χ1v) is 22.6. The molecule has 0 aliphatic carbocycles. The summed E-state index contributed by atoms with van der Waals surface area (Å²) in [5.41, 5.74) is 4.87. The van der Waals surface area contributed by atoms with E-state index in [-0.39, 0.29) is 42.3 Å². The van der Waals surface area contributed by atoms with Gasteiger partial charge in [0.05, 0.1) is 62.9 Å². The lowest BCUT2D eigenvalue weighted by Crippen LogP contribution is -2.54. The molecular formula is C46H49ClN8O9S. The molecule has 5 amide bonds. The molecular weight excluding hydrogens is 876 g/mol. The number of amides is 5. The Kier molecular flexibility index (Phi) is 14.3. The molecule has 3 aliphatic heterocycles. The second-order valence-electron chi connectivity index (χ2n) is 15.7. The zero-order valence-corrected chi connectivity index (χ0v) is 37.7. The number of nitrogens with one attached hydrogen (secondary N) is 4. The minimum atomic E-state index is -1.03. The van der Waals surface area contributed by atoms with Crippen molar-refractivity contribution in [1.82, 2.24) is 30.3 Å². The molecule has 0 bridgehead atoms. The van der Waals surface area contributed by atoms with Gasteiger partial charge in [0.2, 0.25) is 17.7 Å². The quantitative estimate of drug-likeness (QED) is 0.0588. The van der Waals surface area contributed by atoms with Crippen molar-refractivity contribution < 1.29 is 42.9 Å². The highest BCUT2D eigenvalue weighted by Crippen LogP contribution is 2.43. The summed E-state index contributed by atoms with van der Waals surface area (Å²) >= 11 is 7.95. The van der Waals surface area contributed by atoms with Crippen LogP contribution < -0.4 is 26.0 Å². The van der Waals surface area contributed by atoms with Crippen LogP contribution in [0.3, 0.4) is 0 Å². The lowest BCUT2D eigenvalue weighted by molar-refractivity contribution is -0.136. The molecule has 0 spiro atoms. The van der Waals surface area contributed by atoms with E-state index < -0.39 is 35.7 Å². The molecule has 0 radical (unpaired) electrons. The van der Waals surface area contributed by atoms with Crippen LogP contribution in [0.5, 0.6) is 5.75 Å². The molecule has 17 nitrogen and oxygen atoms in total. The van der Waals surface area contributed by atoms with Crippen molar-refractivity contribution in [3.63, 3.8) is 0 Å². The second-order valence-corrected chi connectivity index (χ2v) is 17.4. The van der Waals surface area contributed by atoms with Gasteiger partial charge in [0.1, 0.15) is 29.2 Å². The number of anilines is 2. The van der Waals surface area contributed by atoms with Crippen molar-refractivity contribution in [3.05, 3.63) is 116 Å². The number of carbonyl (C=O) groups excluding carboxylic acids is 5. The van der Waals surface area contributed by atoms with E-state index in [0.29, 0.717) is 80.8 Å². The Balaban J connectivity index is 0.709.